The summed E-state index contributed by atoms with van der Waals surface area (Å²) in [6, 6.07) is 3.66. The van der Waals surface area contributed by atoms with Gasteiger partial charge >= 0.3 is 5.97 Å². The number of carbonyl (C=O) groups excluding carboxylic acids is 3. The Bertz CT molecular complexity index is 945. The number of rotatable bonds is 3. The number of fused-ring (bicyclic) bond motifs is 2. The third kappa shape index (κ3) is 2.34. The van der Waals surface area contributed by atoms with Gasteiger partial charge in [0.1, 0.15) is 5.75 Å². The average molecular weight is 332 g/mol. The number of hydrogen-bond acceptors (Lipinski definition) is 6. The quantitative estimate of drug-likeness (QED) is 0.404. The highest BCUT2D eigenvalue weighted by Gasteiger charge is 2.20. The molecule has 112 valence electrons. The van der Waals surface area contributed by atoms with Crippen molar-refractivity contribution in [3.05, 3.63) is 28.0 Å². The second-order valence-corrected chi connectivity index (χ2v) is 6.95. The van der Waals surface area contributed by atoms with Crippen LogP contribution in [0, 0.1) is 0 Å². The lowest BCUT2D eigenvalue weighted by molar-refractivity contribution is -0.131. The molecule has 6 heteroatoms. The van der Waals surface area contributed by atoms with Crippen LogP contribution >= 0.6 is 22.7 Å². The summed E-state index contributed by atoms with van der Waals surface area (Å²) < 4.78 is 7.13. The van der Waals surface area contributed by atoms with Gasteiger partial charge in [-0.3, -0.25) is 14.4 Å². The molecule has 0 unspecified atom stereocenters. The molecule has 0 fully saturated rings. The molecule has 3 aromatic rings. The summed E-state index contributed by atoms with van der Waals surface area (Å²) in [6.07, 6.45) is 0. The third-order valence-corrected chi connectivity index (χ3v) is 5.40. The third-order valence-electron chi connectivity index (χ3n) is 3.29. The predicted octanol–water partition coefficient (Wildman–Crippen LogP) is 4.45. The maximum atomic E-state index is 11.8. The van der Waals surface area contributed by atoms with Crippen LogP contribution in [-0.4, -0.2) is 17.5 Å². The van der Waals surface area contributed by atoms with Crippen LogP contribution in [0.2, 0.25) is 0 Å². The van der Waals surface area contributed by atoms with Gasteiger partial charge in [0.15, 0.2) is 11.6 Å². The Morgan fingerprint density at radius 1 is 1.00 bits per heavy atom. The molecule has 0 bridgehead atoms. The first-order chi connectivity index (χ1) is 10.4. The van der Waals surface area contributed by atoms with Gasteiger partial charge in [0.25, 0.3) is 0 Å². The van der Waals surface area contributed by atoms with E-state index >= 15 is 0 Å². The van der Waals surface area contributed by atoms with Crippen LogP contribution in [0.5, 0.6) is 5.75 Å². The number of thiophene rings is 2. The molecule has 0 radical (unpaired) electrons. The molecule has 0 aliphatic carbocycles. The molecule has 0 saturated heterocycles. The van der Waals surface area contributed by atoms with Crippen LogP contribution in [0.4, 0.5) is 0 Å². The summed E-state index contributed by atoms with van der Waals surface area (Å²) in [4.78, 5) is 35.5. The van der Waals surface area contributed by atoms with Gasteiger partial charge in [-0.15, -0.1) is 22.7 Å². The summed E-state index contributed by atoms with van der Waals surface area (Å²) in [5.41, 5.74) is 0.536. The SMILES string of the molecule is CC(=O)Oc1c2cc(C(C)=O)sc2cc2scc(C(C)=O)c12. The molecule has 2 aromatic heterocycles. The minimum absolute atomic E-state index is 0.0369. The number of hydrogen-bond donors (Lipinski definition) is 0. The smallest absolute Gasteiger partial charge is 0.308 e. The van der Waals surface area contributed by atoms with E-state index < -0.39 is 5.97 Å². The highest BCUT2D eigenvalue weighted by molar-refractivity contribution is 7.22. The molecule has 2 heterocycles. The maximum absolute atomic E-state index is 11.8. The fourth-order valence-electron chi connectivity index (χ4n) is 2.34. The van der Waals surface area contributed by atoms with Crippen molar-refractivity contribution < 1.29 is 19.1 Å². The minimum atomic E-state index is -0.454. The van der Waals surface area contributed by atoms with Crippen molar-refractivity contribution in [3.63, 3.8) is 0 Å². The van der Waals surface area contributed by atoms with Crippen molar-refractivity contribution in [1.82, 2.24) is 0 Å². The van der Waals surface area contributed by atoms with E-state index in [1.807, 2.05) is 6.07 Å². The second-order valence-electron chi connectivity index (χ2n) is 4.96. The van der Waals surface area contributed by atoms with E-state index in [2.05, 4.69) is 0 Å². The first-order valence-electron chi connectivity index (χ1n) is 6.56. The van der Waals surface area contributed by atoms with Crippen molar-refractivity contribution in [2.45, 2.75) is 20.8 Å². The second kappa shape index (κ2) is 5.30. The molecule has 22 heavy (non-hydrogen) atoms. The molecular weight excluding hydrogens is 320 g/mol. The number of Topliss-reactive ketones (excluding diaryl/α,β-unsaturated/α-hetero) is 2. The molecule has 0 aliphatic rings. The summed E-state index contributed by atoms with van der Waals surface area (Å²) in [5.74, 6) is -0.202. The summed E-state index contributed by atoms with van der Waals surface area (Å²) >= 11 is 2.79. The largest absolute Gasteiger partial charge is 0.425 e. The van der Waals surface area contributed by atoms with E-state index in [-0.39, 0.29) is 11.6 Å². The van der Waals surface area contributed by atoms with Crippen LogP contribution in [0.1, 0.15) is 40.8 Å². The lowest BCUT2D eigenvalue weighted by atomic mass is 10.1. The molecule has 0 aliphatic heterocycles. The number of ether oxygens (including phenoxy) is 1. The molecule has 0 N–H and O–H groups in total. The van der Waals surface area contributed by atoms with Gasteiger partial charge in [-0.05, 0) is 26.0 Å². The Morgan fingerprint density at radius 3 is 2.32 bits per heavy atom. The van der Waals surface area contributed by atoms with Crippen molar-refractivity contribution in [1.29, 1.82) is 0 Å². The molecule has 0 atom stereocenters. The van der Waals surface area contributed by atoms with E-state index in [4.69, 9.17) is 4.74 Å². The van der Waals surface area contributed by atoms with Gasteiger partial charge in [-0.2, -0.15) is 0 Å². The number of carbonyl (C=O) groups is 3. The predicted molar refractivity (Wildman–Crippen MR) is 88.5 cm³/mol. The van der Waals surface area contributed by atoms with E-state index in [0.29, 0.717) is 27.0 Å². The molecule has 4 nitrogen and oxygen atoms in total. The molecule has 0 saturated carbocycles. The zero-order valence-electron chi connectivity index (χ0n) is 12.2. The molecule has 3 rings (SSSR count). The molecule has 0 spiro atoms. The Labute approximate surface area is 134 Å². The molecule has 1 aromatic carbocycles. The van der Waals surface area contributed by atoms with Crippen LogP contribution in [0.15, 0.2) is 17.5 Å². The summed E-state index contributed by atoms with van der Waals surface area (Å²) in [5, 5.41) is 3.11. The number of ketones is 2. The zero-order valence-corrected chi connectivity index (χ0v) is 13.8. The normalized spacial score (nSPS) is 11.0. The zero-order chi connectivity index (χ0) is 16.0. The van der Waals surface area contributed by atoms with Crippen molar-refractivity contribution >= 4 is 60.4 Å². The number of benzene rings is 1. The van der Waals surface area contributed by atoms with Gasteiger partial charge in [0.2, 0.25) is 0 Å². The first-order valence-corrected chi connectivity index (χ1v) is 8.26. The Morgan fingerprint density at radius 2 is 1.73 bits per heavy atom. The molecular formula is C16H12O4S2. The van der Waals surface area contributed by atoms with E-state index in [1.54, 1.807) is 11.4 Å². The van der Waals surface area contributed by atoms with E-state index in [1.165, 1.54) is 43.4 Å². The van der Waals surface area contributed by atoms with Crippen LogP contribution in [0.3, 0.4) is 0 Å². The Kier molecular flexibility index (Phi) is 3.58. The van der Waals surface area contributed by atoms with Crippen LogP contribution in [-0.2, 0) is 4.79 Å². The average Bonchev–Trinajstić information content (AvgIpc) is 3.01. The van der Waals surface area contributed by atoms with Crippen molar-refractivity contribution in [2.75, 3.05) is 0 Å². The van der Waals surface area contributed by atoms with Gasteiger partial charge in [0.05, 0.1) is 4.88 Å². The fourth-order valence-corrected chi connectivity index (χ4v) is 4.44. The van der Waals surface area contributed by atoms with Gasteiger partial charge in [-0.25, -0.2) is 0 Å². The lowest BCUT2D eigenvalue weighted by Gasteiger charge is -2.06. The highest BCUT2D eigenvalue weighted by atomic mass is 32.1. The summed E-state index contributed by atoms with van der Waals surface area (Å²) in [6.45, 7) is 4.31. The van der Waals surface area contributed by atoms with Gasteiger partial charge in [-0.1, -0.05) is 0 Å². The first kappa shape index (κ1) is 14.9. The highest BCUT2D eigenvalue weighted by Crippen LogP contribution is 2.43. The van der Waals surface area contributed by atoms with Crippen molar-refractivity contribution in [3.8, 4) is 5.75 Å². The number of esters is 1. The van der Waals surface area contributed by atoms with E-state index in [0.717, 1.165) is 9.40 Å². The standard InChI is InChI=1S/C16H12O4S2/c1-7(17)11-6-21-14-5-13-10(4-12(22-13)8(2)18)16(15(11)14)20-9(3)19/h4-6H,1-3H3. The monoisotopic (exact) mass is 332 g/mol. The van der Waals surface area contributed by atoms with Crippen molar-refractivity contribution in [2.24, 2.45) is 0 Å². The molecule has 0 amide bonds. The lowest BCUT2D eigenvalue weighted by Crippen LogP contribution is -2.03. The Balaban J connectivity index is 2.44. The van der Waals surface area contributed by atoms with Gasteiger partial charge < -0.3 is 4.74 Å². The van der Waals surface area contributed by atoms with E-state index in [9.17, 15) is 14.4 Å². The van der Waals surface area contributed by atoms with Crippen LogP contribution in [0.25, 0.3) is 20.2 Å². The Hall–Kier alpha value is -2.05. The van der Waals surface area contributed by atoms with Gasteiger partial charge in [0, 0.05) is 38.0 Å². The van der Waals surface area contributed by atoms with Crippen LogP contribution < -0.4 is 4.74 Å². The topological polar surface area (TPSA) is 60.4 Å². The summed E-state index contributed by atoms with van der Waals surface area (Å²) in [7, 11) is 0. The fraction of sp³-hybridized carbons (Fsp3) is 0.188. The maximum Gasteiger partial charge on any atom is 0.308 e. The minimum Gasteiger partial charge on any atom is -0.425 e.